The number of aliphatic hydroxyl groups excluding tert-OH is 2. The predicted octanol–water partition coefficient (Wildman–Crippen LogP) is -0.389. The Morgan fingerprint density at radius 3 is 3.05 bits per heavy atom. The van der Waals surface area contributed by atoms with Gasteiger partial charge in [-0.2, -0.15) is 0 Å². The molecule has 0 bridgehead atoms. The van der Waals surface area contributed by atoms with Gasteiger partial charge in [0.1, 0.15) is 25.8 Å². The minimum absolute atomic E-state index is 0.0987. The summed E-state index contributed by atoms with van der Waals surface area (Å²) < 4.78 is 10.8. The molecule has 1 fully saturated rings. The molecule has 8 heteroatoms. The van der Waals surface area contributed by atoms with E-state index in [4.69, 9.17) is 14.6 Å². The number of hydrogen-bond donors (Lipinski definition) is 3. The van der Waals surface area contributed by atoms with E-state index in [1.165, 1.54) is 0 Å². The molecule has 7 nitrogen and oxygen atoms in total. The molecule has 0 aromatic rings. The van der Waals surface area contributed by atoms with Crippen molar-refractivity contribution in [3.05, 3.63) is 22.8 Å². The van der Waals surface area contributed by atoms with Crippen molar-refractivity contribution in [2.45, 2.75) is 24.9 Å². The van der Waals surface area contributed by atoms with Gasteiger partial charge in [0, 0.05) is 12.6 Å². The predicted molar refractivity (Wildman–Crippen MR) is 73.3 cm³/mol. The van der Waals surface area contributed by atoms with Crippen molar-refractivity contribution in [1.82, 2.24) is 10.2 Å². The number of nitrogens with one attached hydrogen (secondary N) is 1. The van der Waals surface area contributed by atoms with Gasteiger partial charge in [-0.3, -0.25) is 4.79 Å². The van der Waals surface area contributed by atoms with E-state index >= 15 is 0 Å². The third-order valence-corrected chi connectivity index (χ3v) is 3.40. The van der Waals surface area contributed by atoms with Gasteiger partial charge in [-0.15, -0.1) is 0 Å². The first kappa shape index (κ1) is 15.5. The molecular weight excluding hydrogens is 332 g/mol. The number of rotatable bonds is 3. The maximum absolute atomic E-state index is 11.8. The van der Waals surface area contributed by atoms with Crippen molar-refractivity contribution in [3.8, 4) is 0 Å². The highest BCUT2D eigenvalue weighted by Gasteiger charge is 2.36. The summed E-state index contributed by atoms with van der Waals surface area (Å²) in [6.07, 6.45) is 1.80. The third kappa shape index (κ3) is 3.58. The normalized spacial score (nSPS) is 31.9. The van der Waals surface area contributed by atoms with Crippen molar-refractivity contribution in [2.75, 3.05) is 20.1 Å². The summed E-state index contributed by atoms with van der Waals surface area (Å²) in [6, 6.07) is 0. The van der Waals surface area contributed by atoms with Gasteiger partial charge in [0.25, 0.3) is 5.91 Å². The molecule has 0 aromatic carbocycles. The Balaban J connectivity index is 2.16. The second-order valence-electron chi connectivity index (χ2n) is 4.49. The second kappa shape index (κ2) is 7.19. The lowest BCUT2D eigenvalue weighted by Crippen LogP contribution is -2.39. The summed E-state index contributed by atoms with van der Waals surface area (Å²) in [5, 5.41) is 21.5. The summed E-state index contributed by atoms with van der Waals surface area (Å²) in [4.78, 5) is 15.1. The van der Waals surface area contributed by atoms with Crippen LogP contribution in [-0.4, -0.2) is 59.5 Å². The Labute approximate surface area is 125 Å². The highest BCUT2D eigenvalue weighted by molar-refractivity contribution is 9.11. The van der Waals surface area contributed by atoms with Crippen LogP contribution in [0.1, 0.15) is 6.42 Å². The number of amides is 1. The van der Waals surface area contributed by atoms with E-state index in [0.717, 1.165) is 0 Å². The largest absolute Gasteiger partial charge is 0.394 e. The Morgan fingerprint density at radius 2 is 2.40 bits per heavy atom. The van der Waals surface area contributed by atoms with Gasteiger partial charge in [0.2, 0.25) is 0 Å². The lowest BCUT2D eigenvalue weighted by atomic mass is 10.2. The summed E-state index contributed by atoms with van der Waals surface area (Å²) in [5.74, 6) is -0.261. The van der Waals surface area contributed by atoms with Crippen LogP contribution in [-0.2, 0) is 14.3 Å². The van der Waals surface area contributed by atoms with Gasteiger partial charge in [-0.05, 0) is 11.1 Å². The molecule has 2 rings (SSSR count). The lowest BCUT2D eigenvalue weighted by molar-refractivity contribution is -0.124. The molecule has 0 aromatic heterocycles. The molecule has 2 aliphatic rings. The molecule has 3 unspecified atom stereocenters. The van der Waals surface area contributed by atoms with Gasteiger partial charge in [-0.1, -0.05) is 15.9 Å². The van der Waals surface area contributed by atoms with Crippen LogP contribution in [0.15, 0.2) is 22.8 Å². The first-order chi connectivity index (χ1) is 9.65. The molecule has 1 saturated heterocycles. The number of ether oxygens (including phenoxy) is 2. The fourth-order valence-corrected chi connectivity index (χ4v) is 2.37. The molecule has 112 valence electrons. The minimum atomic E-state index is -0.729. The van der Waals surface area contributed by atoms with Gasteiger partial charge in [0.15, 0.2) is 0 Å². The molecule has 2 aliphatic heterocycles. The van der Waals surface area contributed by atoms with E-state index < -0.39 is 18.4 Å². The summed E-state index contributed by atoms with van der Waals surface area (Å²) in [6.45, 7) is 0.0711. The standard InChI is InChI=1S/C12H17BrN2O5/c13-2-1-8-4-15(7-19-6-14-12(8)18)11-3-9(17)10(5-16)20-11/h1-2,4,9-11,16-17H,3,5-7H2,(H,14,18). The first-order valence-electron chi connectivity index (χ1n) is 6.20. The van der Waals surface area contributed by atoms with Crippen LogP contribution < -0.4 is 5.32 Å². The Hall–Kier alpha value is -0.930. The van der Waals surface area contributed by atoms with Gasteiger partial charge in [-0.25, -0.2) is 0 Å². The average molecular weight is 349 g/mol. The highest BCUT2D eigenvalue weighted by Crippen LogP contribution is 2.24. The molecule has 1 amide bonds. The van der Waals surface area contributed by atoms with Crippen LogP contribution >= 0.6 is 15.9 Å². The van der Waals surface area contributed by atoms with Crippen LogP contribution in [0.3, 0.4) is 0 Å². The summed E-state index contributed by atoms with van der Waals surface area (Å²) in [5.41, 5.74) is 0.440. The molecule has 20 heavy (non-hydrogen) atoms. The van der Waals surface area contributed by atoms with E-state index in [0.29, 0.717) is 12.0 Å². The van der Waals surface area contributed by atoms with Crippen molar-refractivity contribution in [3.63, 3.8) is 0 Å². The topological polar surface area (TPSA) is 91.3 Å². The second-order valence-corrected chi connectivity index (χ2v) is 5.02. The molecular formula is C12H17BrN2O5. The van der Waals surface area contributed by atoms with E-state index in [1.54, 1.807) is 22.2 Å². The average Bonchev–Trinajstić information content (AvgIpc) is 2.79. The molecule has 3 atom stereocenters. The zero-order chi connectivity index (χ0) is 14.5. The first-order valence-corrected chi connectivity index (χ1v) is 7.12. The fourth-order valence-electron chi connectivity index (χ4n) is 2.08. The fraction of sp³-hybridized carbons (Fsp3) is 0.583. The molecule has 0 radical (unpaired) electrons. The highest BCUT2D eigenvalue weighted by atomic mass is 79.9. The number of hydrogen-bond acceptors (Lipinski definition) is 6. The monoisotopic (exact) mass is 348 g/mol. The zero-order valence-corrected chi connectivity index (χ0v) is 12.3. The van der Waals surface area contributed by atoms with Crippen molar-refractivity contribution in [2.24, 2.45) is 0 Å². The summed E-state index contributed by atoms with van der Waals surface area (Å²) >= 11 is 3.14. The van der Waals surface area contributed by atoms with Gasteiger partial charge >= 0.3 is 0 Å². The van der Waals surface area contributed by atoms with Crippen molar-refractivity contribution in [1.29, 1.82) is 0 Å². The quantitative estimate of drug-likeness (QED) is 0.643. The van der Waals surface area contributed by atoms with E-state index in [1.807, 2.05) is 0 Å². The van der Waals surface area contributed by atoms with Crippen LogP contribution in [0, 0.1) is 0 Å². The van der Waals surface area contributed by atoms with Gasteiger partial charge in [0.05, 0.1) is 18.3 Å². The zero-order valence-electron chi connectivity index (χ0n) is 10.7. The number of halogens is 1. The van der Waals surface area contributed by atoms with E-state index in [-0.39, 0.29) is 26.0 Å². The number of carbonyl (C=O) groups excluding carboxylic acids is 1. The summed E-state index contributed by atoms with van der Waals surface area (Å²) in [7, 11) is 0. The molecule has 3 N–H and O–H groups in total. The maximum atomic E-state index is 11.8. The number of carbonyl (C=O) groups is 1. The number of nitrogens with zero attached hydrogens (tertiary/aromatic N) is 1. The number of aliphatic hydroxyl groups is 2. The smallest absolute Gasteiger partial charge is 0.254 e. The van der Waals surface area contributed by atoms with E-state index in [2.05, 4.69) is 21.2 Å². The Kier molecular flexibility index (Phi) is 5.55. The lowest BCUT2D eigenvalue weighted by Gasteiger charge is -2.29. The SMILES string of the molecule is O=C1NCOCN(C2CC(O)C(CO)O2)C=C1C=CBr. The molecule has 0 spiro atoms. The van der Waals surface area contributed by atoms with E-state index in [9.17, 15) is 9.90 Å². The molecule has 2 heterocycles. The van der Waals surface area contributed by atoms with Crippen LogP contribution in [0.5, 0.6) is 0 Å². The Morgan fingerprint density at radius 1 is 1.60 bits per heavy atom. The Bertz CT molecular complexity index is 415. The van der Waals surface area contributed by atoms with Crippen LogP contribution in [0.2, 0.25) is 0 Å². The maximum Gasteiger partial charge on any atom is 0.254 e. The van der Waals surface area contributed by atoms with Crippen molar-refractivity contribution < 1.29 is 24.5 Å². The van der Waals surface area contributed by atoms with Crippen LogP contribution in [0.4, 0.5) is 0 Å². The van der Waals surface area contributed by atoms with Gasteiger partial charge < -0.3 is 29.9 Å². The van der Waals surface area contributed by atoms with Crippen LogP contribution in [0.25, 0.3) is 0 Å². The molecule has 0 saturated carbocycles. The molecule has 0 aliphatic carbocycles. The minimum Gasteiger partial charge on any atom is -0.394 e. The third-order valence-electron chi connectivity index (χ3n) is 3.14. The van der Waals surface area contributed by atoms with Crippen molar-refractivity contribution >= 4 is 21.8 Å².